The van der Waals surface area contributed by atoms with E-state index < -0.39 is 17.3 Å². The van der Waals surface area contributed by atoms with Crippen molar-refractivity contribution in [3.8, 4) is 0 Å². The minimum atomic E-state index is -0.444. The molecule has 9 nitrogen and oxygen atoms in total. The van der Waals surface area contributed by atoms with Crippen molar-refractivity contribution in [2.24, 2.45) is 0 Å². The van der Waals surface area contributed by atoms with E-state index in [4.69, 9.17) is 4.74 Å². The highest BCUT2D eigenvalue weighted by molar-refractivity contribution is 5.98. The number of carbonyl (C=O) groups excluding carboxylic acids is 2. The zero-order valence-corrected chi connectivity index (χ0v) is 21.0. The van der Waals surface area contributed by atoms with Crippen LogP contribution in [0.15, 0.2) is 23.1 Å². The molecule has 0 bridgehead atoms. The van der Waals surface area contributed by atoms with E-state index in [-0.39, 0.29) is 22.9 Å². The number of benzene rings is 1. The second-order valence-corrected chi connectivity index (χ2v) is 9.73. The van der Waals surface area contributed by atoms with Gasteiger partial charge in [0.25, 0.3) is 5.91 Å². The van der Waals surface area contributed by atoms with Gasteiger partial charge in [0, 0.05) is 70.0 Å². The summed E-state index contributed by atoms with van der Waals surface area (Å²) in [6.07, 6.45) is 3.20. The van der Waals surface area contributed by atoms with E-state index in [1.807, 2.05) is 9.47 Å². The number of carbonyl (C=O) groups is 2. The van der Waals surface area contributed by atoms with Crippen LogP contribution >= 0.6 is 0 Å². The first-order valence-corrected chi connectivity index (χ1v) is 13.0. The van der Waals surface area contributed by atoms with Crippen LogP contribution in [0.4, 0.5) is 14.9 Å². The Morgan fingerprint density at radius 3 is 2.25 bits per heavy atom. The number of piperazine rings is 2. The Labute approximate surface area is 210 Å². The van der Waals surface area contributed by atoms with Gasteiger partial charge in [0.05, 0.1) is 17.8 Å². The van der Waals surface area contributed by atoms with Crippen molar-refractivity contribution >= 4 is 28.6 Å². The predicted molar refractivity (Wildman–Crippen MR) is 135 cm³/mol. The molecule has 3 aliphatic rings. The maximum Gasteiger partial charge on any atom is 0.409 e. The normalized spacial score (nSPS) is 19.1. The average molecular weight is 500 g/mol. The van der Waals surface area contributed by atoms with Crippen LogP contribution in [-0.2, 0) is 4.74 Å². The SMILES string of the molecule is CCOC(=O)N1CCN(C(=O)c2cn(C3CC3)c3cc(N4CCN(CC)CC4)c(F)cc3c2=O)CC1. The monoisotopic (exact) mass is 499 g/mol. The van der Waals surface area contributed by atoms with Crippen molar-refractivity contribution in [3.05, 3.63) is 39.9 Å². The highest BCUT2D eigenvalue weighted by Crippen LogP contribution is 2.38. The molecule has 10 heteroatoms. The van der Waals surface area contributed by atoms with Crippen molar-refractivity contribution in [3.63, 3.8) is 0 Å². The number of nitrogens with zero attached hydrogens (tertiary/aromatic N) is 5. The van der Waals surface area contributed by atoms with Gasteiger partial charge in [-0.25, -0.2) is 9.18 Å². The van der Waals surface area contributed by atoms with Crippen LogP contribution in [0.3, 0.4) is 0 Å². The number of rotatable bonds is 5. The minimum Gasteiger partial charge on any atom is -0.450 e. The van der Waals surface area contributed by atoms with Gasteiger partial charge in [0.15, 0.2) is 0 Å². The summed E-state index contributed by atoms with van der Waals surface area (Å²) >= 11 is 0. The Morgan fingerprint density at radius 1 is 0.972 bits per heavy atom. The number of aromatic nitrogens is 1. The van der Waals surface area contributed by atoms with Crippen molar-refractivity contribution in [2.45, 2.75) is 32.7 Å². The fourth-order valence-corrected chi connectivity index (χ4v) is 5.19. The van der Waals surface area contributed by atoms with Crippen molar-refractivity contribution < 1.29 is 18.7 Å². The first kappa shape index (κ1) is 24.5. The van der Waals surface area contributed by atoms with Gasteiger partial charge in [-0.2, -0.15) is 0 Å². The summed E-state index contributed by atoms with van der Waals surface area (Å²) in [5.41, 5.74) is 0.811. The number of ether oxygens (including phenoxy) is 1. The molecule has 5 rings (SSSR count). The quantitative estimate of drug-likeness (QED) is 0.629. The Kier molecular flexibility index (Phi) is 6.87. The molecule has 0 atom stereocenters. The molecule has 3 heterocycles. The fraction of sp³-hybridized carbons (Fsp3) is 0.577. The highest BCUT2D eigenvalue weighted by atomic mass is 19.1. The third-order valence-electron chi connectivity index (χ3n) is 7.52. The summed E-state index contributed by atoms with van der Waals surface area (Å²) < 4.78 is 22.4. The first-order valence-electron chi connectivity index (χ1n) is 13.0. The summed E-state index contributed by atoms with van der Waals surface area (Å²) in [6, 6.07) is 3.31. The topological polar surface area (TPSA) is 78.3 Å². The van der Waals surface area contributed by atoms with Crippen LogP contribution in [0.1, 0.15) is 43.1 Å². The summed E-state index contributed by atoms with van der Waals surface area (Å²) in [7, 11) is 0. The van der Waals surface area contributed by atoms with Gasteiger partial charge in [-0.05, 0) is 38.4 Å². The minimum absolute atomic E-state index is 0.0581. The van der Waals surface area contributed by atoms with E-state index in [1.54, 1.807) is 29.0 Å². The second-order valence-electron chi connectivity index (χ2n) is 9.73. The molecule has 194 valence electrons. The molecule has 1 saturated carbocycles. The zero-order valence-electron chi connectivity index (χ0n) is 21.0. The molecule has 0 spiro atoms. The molecule has 1 aromatic heterocycles. The third-order valence-corrected chi connectivity index (χ3v) is 7.52. The Hall–Kier alpha value is -3.14. The third kappa shape index (κ3) is 4.66. The smallest absolute Gasteiger partial charge is 0.409 e. The van der Waals surface area contributed by atoms with Gasteiger partial charge in [0.1, 0.15) is 11.4 Å². The molecule has 1 aliphatic carbocycles. The average Bonchev–Trinajstić information content (AvgIpc) is 3.74. The summed E-state index contributed by atoms with van der Waals surface area (Å²) in [5, 5.41) is 0.242. The maximum absolute atomic E-state index is 15.3. The number of likely N-dealkylation sites (N-methyl/N-ethyl adjacent to an activating group) is 1. The lowest BCUT2D eigenvalue weighted by molar-refractivity contribution is 0.0569. The largest absolute Gasteiger partial charge is 0.450 e. The molecule has 36 heavy (non-hydrogen) atoms. The lowest BCUT2D eigenvalue weighted by Crippen LogP contribution is -2.51. The van der Waals surface area contributed by atoms with E-state index >= 15 is 4.39 Å². The standard InChI is InChI=1S/C26H34FN5O4/c1-3-28-7-9-29(10-8-28)23-16-22-19(15-21(23)27)24(33)20(17-32(22)18-5-6-18)25(34)30-11-13-31(14-12-30)26(35)36-4-2/h15-18H,3-14H2,1-2H3. The predicted octanol–water partition coefficient (Wildman–Crippen LogP) is 2.53. The molecule has 2 amide bonds. The van der Waals surface area contributed by atoms with Gasteiger partial charge >= 0.3 is 6.09 Å². The van der Waals surface area contributed by atoms with Crippen LogP contribution < -0.4 is 10.3 Å². The number of hydrogen-bond donors (Lipinski definition) is 0. The van der Waals surface area contributed by atoms with Gasteiger partial charge < -0.3 is 28.9 Å². The molecule has 2 saturated heterocycles. The van der Waals surface area contributed by atoms with Crippen LogP contribution in [0.2, 0.25) is 0 Å². The molecule has 1 aromatic carbocycles. The Morgan fingerprint density at radius 2 is 1.64 bits per heavy atom. The molecular formula is C26H34FN5O4. The van der Waals surface area contributed by atoms with Gasteiger partial charge in [0.2, 0.25) is 5.43 Å². The second kappa shape index (κ2) is 10.1. The molecule has 3 fully saturated rings. The van der Waals surface area contributed by atoms with Crippen molar-refractivity contribution in [1.29, 1.82) is 0 Å². The number of anilines is 1. The number of pyridine rings is 1. The number of hydrogen-bond acceptors (Lipinski definition) is 6. The van der Waals surface area contributed by atoms with Gasteiger partial charge in [-0.15, -0.1) is 0 Å². The van der Waals surface area contributed by atoms with Crippen LogP contribution in [0.25, 0.3) is 10.9 Å². The summed E-state index contributed by atoms with van der Waals surface area (Å²) in [4.78, 5) is 46.4. The first-order chi connectivity index (χ1) is 17.4. The van der Waals surface area contributed by atoms with Gasteiger partial charge in [-0.3, -0.25) is 9.59 Å². The van der Waals surface area contributed by atoms with Crippen molar-refractivity contribution in [2.75, 3.05) is 70.4 Å². The van der Waals surface area contributed by atoms with E-state index in [9.17, 15) is 14.4 Å². The van der Waals surface area contributed by atoms with Crippen LogP contribution in [0, 0.1) is 5.82 Å². The number of amides is 2. The fourth-order valence-electron chi connectivity index (χ4n) is 5.19. The summed E-state index contributed by atoms with van der Waals surface area (Å²) in [6.45, 7) is 9.69. The number of fused-ring (bicyclic) bond motifs is 1. The molecule has 0 unspecified atom stereocenters. The molecular weight excluding hydrogens is 465 g/mol. The van der Waals surface area contributed by atoms with Crippen LogP contribution in [0.5, 0.6) is 0 Å². The van der Waals surface area contributed by atoms with Crippen molar-refractivity contribution in [1.82, 2.24) is 19.3 Å². The highest BCUT2D eigenvalue weighted by Gasteiger charge is 2.31. The molecule has 2 aliphatic heterocycles. The van der Waals surface area contributed by atoms with E-state index in [1.165, 1.54) is 6.07 Å². The summed E-state index contributed by atoms with van der Waals surface area (Å²) in [5.74, 6) is -0.806. The number of halogens is 1. The van der Waals surface area contributed by atoms with Crippen LogP contribution in [-0.4, -0.2) is 96.8 Å². The molecule has 2 aromatic rings. The van der Waals surface area contributed by atoms with E-state index in [2.05, 4.69) is 11.8 Å². The molecule has 0 radical (unpaired) electrons. The van der Waals surface area contributed by atoms with E-state index in [0.717, 1.165) is 45.6 Å². The Balaban J connectivity index is 1.44. The molecule has 0 N–H and O–H groups in total. The lowest BCUT2D eigenvalue weighted by atomic mass is 10.1. The Bertz CT molecular complexity index is 1210. The zero-order chi connectivity index (χ0) is 25.4. The lowest BCUT2D eigenvalue weighted by Gasteiger charge is -2.36. The van der Waals surface area contributed by atoms with Gasteiger partial charge in [-0.1, -0.05) is 6.92 Å². The maximum atomic E-state index is 15.3. The van der Waals surface area contributed by atoms with E-state index in [0.29, 0.717) is 44.0 Å².